The highest BCUT2D eigenvalue weighted by Crippen LogP contribution is 2.27. The van der Waals surface area contributed by atoms with Gasteiger partial charge in [0, 0.05) is 30.8 Å². The number of halogens is 2. The number of rotatable bonds is 14. The van der Waals surface area contributed by atoms with E-state index in [2.05, 4.69) is 62.9 Å². The number of ether oxygens (including phenoxy) is 2. The van der Waals surface area contributed by atoms with Crippen LogP contribution in [0.4, 0.5) is 10.3 Å². The molecular formula is C36H28Br2N6O2S2. The van der Waals surface area contributed by atoms with Crippen LogP contribution < -0.4 is 20.3 Å². The summed E-state index contributed by atoms with van der Waals surface area (Å²) in [7, 11) is 0. The molecule has 12 heteroatoms. The Labute approximate surface area is 303 Å². The zero-order valence-electron chi connectivity index (χ0n) is 25.3. The quantitative estimate of drug-likeness (QED) is 0.0648. The van der Waals surface area contributed by atoms with E-state index in [1.807, 2.05) is 120 Å². The molecule has 0 amide bonds. The Balaban J connectivity index is 0.868. The Morgan fingerprint density at radius 2 is 0.958 bits per heavy atom. The maximum absolute atomic E-state index is 5.81. The Hall–Kier alpha value is -4.62. The SMILES string of the molecule is Brc1ccc(-c2csc(N/N=C/c3ccc(OC/C=C/COc4ccc(/C=N/Nc5nc(-c6ccc(Br)cc6)cs5)cc4)cc3)n2)cc1. The van der Waals surface area contributed by atoms with Crippen molar-refractivity contribution in [1.29, 1.82) is 0 Å². The summed E-state index contributed by atoms with van der Waals surface area (Å²) >= 11 is 9.94. The average Bonchev–Trinajstić information content (AvgIpc) is 3.79. The summed E-state index contributed by atoms with van der Waals surface area (Å²) in [4.78, 5) is 9.18. The van der Waals surface area contributed by atoms with Gasteiger partial charge < -0.3 is 9.47 Å². The van der Waals surface area contributed by atoms with E-state index >= 15 is 0 Å². The molecule has 240 valence electrons. The number of nitrogens with one attached hydrogen (secondary N) is 2. The van der Waals surface area contributed by atoms with Crippen molar-refractivity contribution in [3.05, 3.63) is 140 Å². The molecule has 0 saturated carbocycles. The van der Waals surface area contributed by atoms with Crippen LogP contribution in [0, 0.1) is 0 Å². The third-order valence-electron chi connectivity index (χ3n) is 6.66. The van der Waals surface area contributed by atoms with Gasteiger partial charge in [-0.25, -0.2) is 9.97 Å². The minimum atomic E-state index is 0.440. The summed E-state index contributed by atoms with van der Waals surface area (Å²) < 4.78 is 13.7. The van der Waals surface area contributed by atoms with Crippen molar-refractivity contribution in [2.45, 2.75) is 0 Å². The van der Waals surface area contributed by atoms with Crippen LogP contribution >= 0.6 is 54.5 Å². The fourth-order valence-electron chi connectivity index (χ4n) is 4.21. The molecule has 0 aliphatic heterocycles. The lowest BCUT2D eigenvalue weighted by atomic mass is 10.2. The van der Waals surface area contributed by atoms with Crippen LogP contribution in [-0.2, 0) is 0 Å². The molecule has 0 saturated heterocycles. The summed E-state index contributed by atoms with van der Waals surface area (Å²) in [6.45, 7) is 0.879. The fraction of sp³-hybridized carbons (Fsp3) is 0.0556. The molecule has 8 nitrogen and oxygen atoms in total. The Bertz CT molecular complexity index is 1850. The zero-order chi connectivity index (χ0) is 33.0. The van der Waals surface area contributed by atoms with Crippen LogP contribution in [0.1, 0.15) is 11.1 Å². The highest BCUT2D eigenvalue weighted by molar-refractivity contribution is 9.10. The third-order valence-corrected chi connectivity index (χ3v) is 9.21. The molecule has 6 aromatic rings. The van der Waals surface area contributed by atoms with E-state index in [1.165, 1.54) is 22.7 Å². The van der Waals surface area contributed by atoms with Crippen molar-refractivity contribution >= 4 is 77.2 Å². The highest BCUT2D eigenvalue weighted by Gasteiger charge is 2.05. The van der Waals surface area contributed by atoms with Crippen molar-refractivity contribution in [2.75, 3.05) is 24.1 Å². The van der Waals surface area contributed by atoms with E-state index in [4.69, 9.17) is 9.47 Å². The monoisotopic (exact) mass is 798 g/mol. The van der Waals surface area contributed by atoms with Crippen molar-refractivity contribution in [3.8, 4) is 34.0 Å². The topological polar surface area (TPSA) is 93.0 Å². The van der Waals surface area contributed by atoms with Crippen LogP contribution in [0.15, 0.2) is 139 Å². The molecule has 0 fully saturated rings. The molecule has 48 heavy (non-hydrogen) atoms. The third kappa shape index (κ3) is 9.94. The number of hydrogen-bond donors (Lipinski definition) is 2. The number of nitrogens with zero attached hydrogens (tertiary/aromatic N) is 4. The van der Waals surface area contributed by atoms with E-state index in [1.54, 1.807) is 12.4 Å². The molecule has 0 aliphatic rings. The predicted molar refractivity (Wildman–Crippen MR) is 206 cm³/mol. The number of thiazole rings is 2. The lowest BCUT2D eigenvalue weighted by Crippen LogP contribution is -1.97. The Morgan fingerprint density at radius 3 is 1.35 bits per heavy atom. The van der Waals surface area contributed by atoms with Gasteiger partial charge >= 0.3 is 0 Å². The molecule has 0 unspecified atom stereocenters. The molecular weight excluding hydrogens is 772 g/mol. The zero-order valence-corrected chi connectivity index (χ0v) is 30.1. The van der Waals surface area contributed by atoms with Gasteiger partial charge in [-0.05, 0) is 96.1 Å². The number of benzene rings is 4. The molecule has 0 bridgehead atoms. The van der Waals surface area contributed by atoms with Gasteiger partial charge in [0.05, 0.1) is 23.8 Å². The van der Waals surface area contributed by atoms with E-state index in [9.17, 15) is 0 Å². The maximum atomic E-state index is 5.81. The lowest BCUT2D eigenvalue weighted by molar-refractivity contribution is 0.350. The second-order valence-corrected chi connectivity index (χ2v) is 13.6. The van der Waals surface area contributed by atoms with Crippen LogP contribution in [0.25, 0.3) is 22.5 Å². The van der Waals surface area contributed by atoms with E-state index in [0.717, 1.165) is 64.3 Å². The molecule has 0 spiro atoms. The summed E-state index contributed by atoms with van der Waals surface area (Å²) in [5.41, 5.74) is 11.8. The number of aromatic nitrogens is 2. The van der Waals surface area contributed by atoms with Crippen molar-refractivity contribution in [1.82, 2.24) is 9.97 Å². The standard InChI is InChI=1S/C36H28Br2N6O2S2/c37-29-11-7-27(8-12-29)33-23-47-35(41-33)43-39-21-25-3-15-31(16-4-25)45-19-1-2-20-46-32-17-5-26(6-18-32)22-40-44-36-42-34(24-48-36)28-9-13-30(38)14-10-28/h1-18,21-24H,19-20H2,(H,41,43)(H,42,44)/b2-1+,39-21+,40-22+. The first-order valence-electron chi connectivity index (χ1n) is 14.7. The maximum Gasteiger partial charge on any atom is 0.203 e. The average molecular weight is 801 g/mol. The van der Waals surface area contributed by atoms with Gasteiger partial charge in [0.25, 0.3) is 0 Å². The van der Waals surface area contributed by atoms with Gasteiger partial charge in [0.15, 0.2) is 0 Å². The summed E-state index contributed by atoms with van der Waals surface area (Å²) in [5.74, 6) is 1.55. The smallest absolute Gasteiger partial charge is 0.203 e. The molecule has 4 aromatic carbocycles. The molecule has 6 rings (SSSR count). The van der Waals surface area contributed by atoms with Gasteiger partial charge in [0.1, 0.15) is 24.7 Å². The first-order chi connectivity index (χ1) is 23.6. The first kappa shape index (κ1) is 33.3. The van der Waals surface area contributed by atoms with Gasteiger partial charge in [-0.15, -0.1) is 22.7 Å². The predicted octanol–water partition coefficient (Wildman–Crippen LogP) is 10.4. The van der Waals surface area contributed by atoms with E-state index < -0.39 is 0 Å². The minimum absolute atomic E-state index is 0.440. The number of anilines is 2. The number of hydrogen-bond acceptors (Lipinski definition) is 10. The lowest BCUT2D eigenvalue weighted by Gasteiger charge is -2.04. The Morgan fingerprint density at radius 1 is 0.562 bits per heavy atom. The van der Waals surface area contributed by atoms with Crippen LogP contribution in [0.2, 0.25) is 0 Å². The largest absolute Gasteiger partial charge is 0.490 e. The van der Waals surface area contributed by atoms with Crippen molar-refractivity contribution in [3.63, 3.8) is 0 Å². The number of hydrazone groups is 2. The van der Waals surface area contributed by atoms with Gasteiger partial charge in [-0.1, -0.05) is 56.1 Å². The highest BCUT2D eigenvalue weighted by atomic mass is 79.9. The van der Waals surface area contributed by atoms with Crippen molar-refractivity contribution < 1.29 is 9.47 Å². The Kier molecular flexibility index (Phi) is 11.8. The normalized spacial score (nSPS) is 11.5. The van der Waals surface area contributed by atoms with Gasteiger partial charge in [-0.2, -0.15) is 10.2 Å². The van der Waals surface area contributed by atoms with Crippen LogP contribution in [0.3, 0.4) is 0 Å². The summed E-state index contributed by atoms with van der Waals surface area (Å²) in [6.07, 6.45) is 7.37. The molecule has 0 aliphatic carbocycles. The first-order valence-corrected chi connectivity index (χ1v) is 18.0. The van der Waals surface area contributed by atoms with E-state index in [0.29, 0.717) is 13.2 Å². The molecule has 2 aromatic heterocycles. The van der Waals surface area contributed by atoms with Crippen LogP contribution in [-0.4, -0.2) is 35.6 Å². The second-order valence-electron chi connectivity index (χ2n) is 10.1. The molecule has 2 heterocycles. The van der Waals surface area contributed by atoms with Gasteiger partial charge in [-0.3, -0.25) is 10.9 Å². The summed E-state index contributed by atoms with van der Waals surface area (Å²) in [6, 6.07) is 31.6. The van der Waals surface area contributed by atoms with E-state index in [-0.39, 0.29) is 0 Å². The second kappa shape index (κ2) is 17.0. The fourth-order valence-corrected chi connectivity index (χ4v) is 6.07. The van der Waals surface area contributed by atoms with Crippen LogP contribution in [0.5, 0.6) is 11.5 Å². The minimum Gasteiger partial charge on any atom is -0.490 e. The molecule has 2 N–H and O–H groups in total. The molecule has 0 radical (unpaired) electrons. The molecule has 0 atom stereocenters. The summed E-state index contributed by atoms with van der Waals surface area (Å²) in [5, 5.41) is 14.1. The van der Waals surface area contributed by atoms with Gasteiger partial charge in [0.2, 0.25) is 10.3 Å². The van der Waals surface area contributed by atoms with Crippen molar-refractivity contribution in [2.24, 2.45) is 10.2 Å².